The molecule has 100 valence electrons. The number of carbonyl (C=O) groups is 1. The van der Waals surface area contributed by atoms with Gasteiger partial charge in [0.1, 0.15) is 11.5 Å². The molecule has 0 heterocycles. The van der Waals surface area contributed by atoms with Crippen molar-refractivity contribution in [3.8, 4) is 11.5 Å². The van der Waals surface area contributed by atoms with E-state index >= 15 is 0 Å². The first kappa shape index (κ1) is 14.4. The SMILES string of the molecule is CCc1c(OC)ccc(CC(C)C(=O)O)c1OC. The summed E-state index contributed by atoms with van der Waals surface area (Å²) < 4.78 is 10.7. The van der Waals surface area contributed by atoms with Crippen molar-refractivity contribution in [3.05, 3.63) is 23.3 Å². The minimum absolute atomic E-state index is 0.433. The summed E-state index contributed by atoms with van der Waals surface area (Å²) in [4.78, 5) is 10.9. The number of benzene rings is 1. The van der Waals surface area contributed by atoms with E-state index in [0.717, 1.165) is 29.0 Å². The minimum atomic E-state index is -0.800. The van der Waals surface area contributed by atoms with Gasteiger partial charge in [-0.1, -0.05) is 19.9 Å². The van der Waals surface area contributed by atoms with Crippen LogP contribution in [-0.4, -0.2) is 25.3 Å². The Labute approximate surface area is 108 Å². The number of hydrogen-bond donors (Lipinski definition) is 1. The monoisotopic (exact) mass is 252 g/mol. The van der Waals surface area contributed by atoms with Gasteiger partial charge in [-0.05, 0) is 24.5 Å². The maximum Gasteiger partial charge on any atom is 0.306 e. The predicted molar refractivity (Wildman–Crippen MR) is 69.4 cm³/mol. The van der Waals surface area contributed by atoms with Crippen LogP contribution in [0.4, 0.5) is 0 Å². The Balaban J connectivity index is 3.16. The first-order valence-electron chi connectivity index (χ1n) is 6.00. The van der Waals surface area contributed by atoms with Crippen LogP contribution in [-0.2, 0) is 17.6 Å². The molecule has 4 nitrogen and oxygen atoms in total. The van der Waals surface area contributed by atoms with Gasteiger partial charge in [-0.25, -0.2) is 0 Å². The molecular formula is C14H20O4. The fourth-order valence-corrected chi connectivity index (χ4v) is 2.02. The molecule has 4 heteroatoms. The van der Waals surface area contributed by atoms with Gasteiger partial charge in [-0.2, -0.15) is 0 Å². The van der Waals surface area contributed by atoms with Crippen LogP contribution in [0.3, 0.4) is 0 Å². The number of ether oxygens (including phenoxy) is 2. The first-order valence-corrected chi connectivity index (χ1v) is 6.00. The molecule has 1 aromatic rings. The van der Waals surface area contributed by atoms with E-state index in [1.165, 1.54) is 0 Å². The highest BCUT2D eigenvalue weighted by atomic mass is 16.5. The molecule has 0 saturated heterocycles. The number of hydrogen-bond acceptors (Lipinski definition) is 3. The first-order chi connectivity index (χ1) is 8.54. The molecule has 0 aliphatic carbocycles. The summed E-state index contributed by atoms with van der Waals surface area (Å²) >= 11 is 0. The van der Waals surface area contributed by atoms with Gasteiger partial charge in [0.15, 0.2) is 0 Å². The zero-order valence-corrected chi connectivity index (χ0v) is 11.3. The average Bonchev–Trinajstić information content (AvgIpc) is 2.37. The number of carboxylic acid groups (broad SMARTS) is 1. The van der Waals surface area contributed by atoms with Crippen LogP contribution in [0.2, 0.25) is 0 Å². The summed E-state index contributed by atoms with van der Waals surface area (Å²) in [7, 11) is 3.22. The minimum Gasteiger partial charge on any atom is -0.496 e. The van der Waals surface area contributed by atoms with Crippen LogP contribution in [0.5, 0.6) is 11.5 Å². The van der Waals surface area contributed by atoms with Crippen molar-refractivity contribution in [1.82, 2.24) is 0 Å². The van der Waals surface area contributed by atoms with E-state index in [9.17, 15) is 4.79 Å². The highest BCUT2D eigenvalue weighted by molar-refractivity contribution is 5.70. The van der Waals surface area contributed by atoms with E-state index < -0.39 is 11.9 Å². The summed E-state index contributed by atoms with van der Waals surface area (Å²) in [5.41, 5.74) is 1.89. The van der Waals surface area contributed by atoms with E-state index in [1.54, 1.807) is 21.1 Å². The van der Waals surface area contributed by atoms with Crippen LogP contribution in [0.15, 0.2) is 12.1 Å². The van der Waals surface area contributed by atoms with E-state index in [1.807, 2.05) is 19.1 Å². The van der Waals surface area contributed by atoms with Gasteiger partial charge in [0.05, 0.1) is 20.1 Å². The van der Waals surface area contributed by atoms with E-state index in [0.29, 0.717) is 6.42 Å². The Hall–Kier alpha value is -1.71. The number of rotatable bonds is 6. The lowest BCUT2D eigenvalue weighted by molar-refractivity contribution is -0.141. The summed E-state index contributed by atoms with van der Waals surface area (Å²) in [5, 5.41) is 8.97. The largest absolute Gasteiger partial charge is 0.496 e. The van der Waals surface area contributed by atoms with Gasteiger partial charge < -0.3 is 14.6 Å². The van der Waals surface area contributed by atoms with Gasteiger partial charge in [-0.3, -0.25) is 4.79 Å². The van der Waals surface area contributed by atoms with Gasteiger partial charge in [-0.15, -0.1) is 0 Å². The zero-order chi connectivity index (χ0) is 13.7. The van der Waals surface area contributed by atoms with Crippen LogP contribution in [0, 0.1) is 5.92 Å². The molecule has 18 heavy (non-hydrogen) atoms. The van der Waals surface area contributed by atoms with E-state index in [-0.39, 0.29) is 0 Å². The molecule has 1 atom stereocenters. The lowest BCUT2D eigenvalue weighted by Gasteiger charge is -2.17. The van der Waals surface area contributed by atoms with Gasteiger partial charge >= 0.3 is 5.97 Å². The smallest absolute Gasteiger partial charge is 0.306 e. The van der Waals surface area contributed by atoms with Gasteiger partial charge in [0.2, 0.25) is 0 Å². The van der Waals surface area contributed by atoms with Crippen molar-refractivity contribution in [2.45, 2.75) is 26.7 Å². The van der Waals surface area contributed by atoms with Crippen molar-refractivity contribution >= 4 is 5.97 Å². The van der Waals surface area contributed by atoms with E-state index in [4.69, 9.17) is 14.6 Å². The molecule has 0 bridgehead atoms. The predicted octanol–water partition coefficient (Wildman–Crippen LogP) is 2.53. The van der Waals surface area contributed by atoms with Crippen molar-refractivity contribution in [1.29, 1.82) is 0 Å². The second-order valence-corrected chi connectivity index (χ2v) is 4.24. The van der Waals surface area contributed by atoms with Crippen LogP contribution in [0.1, 0.15) is 25.0 Å². The lowest BCUT2D eigenvalue weighted by atomic mass is 9.97. The van der Waals surface area contributed by atoms with Crippen molar-refractivity contribution in [2.24, 2.45) is 5.92 Å². The molecule has 0 saturated carbocycles. The molecule has 1 unspecified atom stereocenters. The zero-order valence-electron chi connectivity index (χ0n) is 11.3. The second kappa shape index (κ2) is 6.28. The molecule has 0 fully saturated rings. The fourth-order valence-electron chi connectivity index (χ4n) is 2.02. The maximum absolute atomic E-state index is 10.9. The highest BCUT2D eigenvalue weighted by Gasteiger charge is 2.18. The third-order valence-corrected chi connectivity index (χ3v) is 3.02. The Kier molecular flexibility index (Phi) is 5.01. The standard InChI is InChI=1S/C14H20O4/c1-5-11-12(17-3)7-6-10(13(11)18-4)8-9(2)14(15)16/h6-7,9H,5,8H2,1-4H3,(H,15,16). The molecule has 0 amide bonds. The lowest BCUT2D eigenvalue weighted by Crippen LogP contribution is -2.13. The summed E-state index contributed by atoms with van der Waals surface area (Å²) in [6, 6.07) is 3.74. The Morgan fingerprint density at radius 2 is 2.00 bits per heavy atom. The van der Waals surface area contributed by atoms with E-state index in [2.05, 4.69) is 0 Å². The highest BCUT2D eigenvalue weighted by Crippen LogP contribution is 2.33. The summed E-state index contributed by atoms with van der Waals surface area (Å²) in [5.74, 6) is 0.286. The van der Waals surface area contributed by atoms with Crippen LogP contribution >= 0.6 is 0 Å². The van der Waals surface area contributed by atoms with Crippen molar-refractivity contribution < 1.29 is 19.4 Å². The molecule has 0 radical (unpaired) electrons. The number of aliphatic carboxylic acids is 1. The normalized spacial score (nSPS) is 12.0. The van der Waals surface area contributed by atoms with Crippen molar-refractivity contribution in [3.63, 3.8) is 0 Å². The number of methoxy groups -OCH3 is 2. The number of carboxylic acids is 1. The van der Waals surface area contributed by atoms with Gasteiger partial charge in [0, 0.05) is 5.56 Å². The maximum atomic E-state index is 10.9. The van der Waals surface area contributed by atoms with Gasteiger partial charge in [0.25, 0.3) is 0 Å². The molecule has 0 aliphatic rings. The molecule has 0 aromatic heterocycles. The second-order valence-electron chi connectivity index (χ2n) is 4.24. The third kappa shape index (κ3) is 2.94. The average molecular weight is 252 g/mol. The summed E-state index contributed by atoms with van der Waals surface area (Å²) in [6.07, 6.45) is 1.23. The quantitative estimate of drug-likeness (QED) is 0.845. The molecule has 0 spiro atoms. The fraction of sp³-hybridized carbons (Fsp3) is 0.500. The van der Waals surface area contributed by atoms with Crippen molar-refractivity contribution in [2.75, 3.05) is 14.2 Å². The molecule has 1 aromatic carbocycles. The topological polar surface area (TPSA) is 55.8 Å². The molecule has 1 N–H and O–H groups in total. The van der Waals surface area contributed by atoms with Crippen LogP contribution < -0.4 is 9.47 Å². The Bertz CT molecular complexity index is 426. The summed E-state index contributed by atoms with van der Waals surface area (Å²) in [6.45, 7) is 3.71. The van der Waals surface area contributed by atoms with Crippen LogP contribution in [0.25, 0.3) is 0 Å². The molecule has 0 aliphatic heterocycles. The molecular weight excluding hydrogens is 232 g/mol. The molecule has 1 rings (SSSR count). The Morgan fingerprint density at radius 1 is 1.33 bits per heavy atom. The Morgan fingerprint density at radius 3 is 2.44 bits per heavy atom. The third-order valence-electron chi connectivity index (χ3n) is 3.02.